The van der Waals surface area contributed by atoms with Gasteiger partial charge in [-0.2, -0.15) is 0 Å². The highest BCUT2D eigenvalue weighted by molar-refractivity contribution is 6.31. The normalized spacial score (nSPS) is 17.9. The second-order valence-corrected chi connectivity index (χ2v) is 5.25. The Hall–Kier alpha value is -0.770. The van der Waals surface area contributed by atoms with Gasteiger partial charge in [-0.05, 0) is 31.0 Å². The highest BCUT2D eigenvalue weighted by Crippen LogP contribution is 2.17. The second kappa shape index (κ2) is 7.73. The molecule has 1 aromatic carbocycles. The van der Waals surface area contributed by atoms with E-state index in [9.17, 15) is 4.79 Å². The molecule has 0 aliphatic carbocycles. The molecule has 1 saturated heterocycles. The lowest BCUT2D eigenvalue weighted by molar-refractivity contribution is -0.130. The molecule has 1 atom stereocenters. The number of carbonyl (C=O) groups is 1. The van der Waals surface area contributed by atoms with Crippen molar-refractivity contribution in [3.8, 4) is 0 Å². The molecule has 106 valence electrons. The van der Waals surface area contributed by atoms with Gasteiger partial charge in [0.25, 0.3) is 0 Å². The Bertz CT molecular complexity index is 420. The van der Waals surface area contributed by atoms with Crippen LogP contribution in [0.4, 0.5) is 0 Å². The van der Waals surface area contributed by atoms with Gasteiger partial charge in [0.05, 0.1) is 0 Å². The van der Waals surface area contributed by atoms with E-state index in [1.165, 1.54) is 6.42 Å². The predicted molar refractivity (Wildman–Crippen MR) is 80.8 cm³/mol. The van der Waals surface area contributed by atoms with Gasteiger partial charge in [0.15, 0.2) is 0 Å². The number of carbonyl (C=O) groups excluding carboxylic acids is 1. The fourth-order valence-corrected chi connectivity index (χ4v) is 2.46. The van der Waals surface area contributed by atoms with Gasteiger partial charge in [-0.25, -0.2) is 0 Å². The summed E-state index contributed by atoms with van der Waals surface area (Å²) in [4.78, 5) is 13.8. The van der Waals surface area contributed by atoms with Gasteiger partial charge in [0.2, 0.25) is 5.91 Å². The molecule has 2 rings (SSSR count). The SMILES string of the molecule is CN(Cc1ccccc1Cl)C(=O)CC1CCCN1.Cl. The van der Waals surface area contributed by atoms with Crippen molar-refractivity contribution in [2.75, 3.05) is 13.6 Å². The van der Waals surface area contributed by atoms with Gasteiger partial charge >= 0.3 is 0 Å². The lowest BCUT2D eigenvalue weighted by Crippen LogP contribution is -2.33. The molecule has 1 amide bonds. The predicted octanol–water partition coefficient (Wildman–Crippen LogP) is 2.86. The van der Waals surface area contributed by atoms with E-state index in [2.05, 4.69) is 5.32 Å². The molecule has 1 unspecified atom stereocenters. The van der Waals surface area contributed by atoms with Crippen molar-refractivity contribution < 1.29 is 4.79 Å². The molecule has 0 saturated carbocycles. The summed E-state index contributed by atoms with van der Waals surface area (Å²) in [5.74, 6) is 0.175. The lowest BCUT2D eigenvalue weighted by Gasteiger charge is -2.20. The average molecular weight is 303 g/mol. The highest BCUT2D eigenvalue weighted by Gasteiger charge is 2.20. The number of hydrogen-bond donors (Lipinski definition) is 1. The fraction of sp³-hybridized carbons (Fsp3) is 0.500. The highest BCUT2D eigenvalue weighted by atomic mass is 35.5. The molecule has 5 heteroatoms. The van der Waals surface area contributed by atoms with E-state index in [4.69, 9.17) is 11.6 Å². The number of halogens is 2. The zero-order valence-electron chi connectivity index (χ0n) is 11.1. The summed E-state index contributed by atoms with van der Waals surface area (Å²) in [6, 6.07) is 8.01. The first-order valence-electron chi connectivity index (χ1n) is 6.37. The number of benzene rings is 1. The molecule has 0 radical (unpaired) electrons. The third-order valence-corrected chi connectivity index (χ3v) is 3.74. The molecule has 19 heavy (non-hydrogen) atoms. The van der Waals surface area contributed by atoms with Crippen molar-refractivity contribution in [1.82, 2.24) is 10.2 Å². The molecule has 3 nitrogen and oxygen atoms in total. The maximum Gasteiger partial charge on any atom is 0.224 e. The number of nitrogens with one attached hydrogen (secondary N) is 1. The topological polar surface area (TPSA) is 32.3 Å². The van der Waals surface area contributed by atoms with E-state index in [1.54, 1.807) is 4.90 Å². The summed E-state index contributed by atoms with van der Waals surface area (Å²) >= 11 is 6.09. The van der Waals surface area contributed by atoms with Crippen LogP contribution in [0.15, 0.2) is 24.3 Å². The van der Waals surface area contributed by atoms with Crippen molar-refractivity contribution in [1.29, 1.82) is 0 Å². The monoisotopic (exact) mass is 302 g/mol. The van der Waals surface area contributed by atoms with Crippen molar-refractivity contribution in [2.24, 2.45) is 0 Å². The molecule has 1 heterocycles. The Kier molecular flexibility index (Phi) is 6.63. The van der Waals surface area contributed by atoms with Crippen molar-refractivity contribution in [3.05, 3.63) is 34.9 Å². The standard InChI is InChI=1S/C14H19ClN2O.ClH/c1-17(10-11-5-2-3-7-13(11)15)14(18)9-12-6-4-8-16-12;/h2-3,5,7,12,16H,4,6,8-10H2,1H3;1H. The molecular formula is C14H20Cl2N2O. The van der Waals surface area contributed by atoms with Gasteiger partial charge in [0, 0.05) is 31.1 Å². The minimum atomic E-state index is 0. The van der Waals surface area contributed by atoms with E-state index >= 15 is 0 Å². The first-order valence-corrected chi connectivity index (χ1v) is 6.75. The molecule has 1 N–H and O–H groups in total. The van der Waals surface area contributed by atoms with Crippen LogP contribution in [-0.4, -0.2) is 30.4 Å². The lowest BCUT2D eigenvalue weighted by atomic mass is 10.1. The van der Waals surface area contributed by atoms with Crippen LogP contribution in [0, 0.1) is 0 Å². The Morgan fingerprint density at radius 1 is 1.47 bits per heavy atom. The Morgan fingerprint density at radius 3 is 2.84 bits per heavy atom. The van der Waals surface area contributed by atoms with Crippen molar-refractivity contribution in [3.63, 3.8) is 0 Å². The van der Waals surface area contributed by atoms with Gasteiger partial charge in [-0.1, -0.05) is 29.8 Å². The Balaban J connectivity index is 0.00000180. The summed E-state index contributed by atoms with van der Waals surface area (Å²) < 4.78 is 0. The molecule has 0 bridgehead atoms. The van der Waals surface area contributed by atoms with Crippen LogP contribution in [0.3, 0.4) is 0 Å². The summed E-state index contributed by atoms with van der Waals surface area (Å²) in [6.45, 7) is 1.61. The van der Waals surface area contributed by atoms with Gasteiger partial charge in [-0.3, -0.25) is 4.79 Å². The van der Waals surface area contributed by atoms with Crippen LogP contribution in [0.2, 0.25) is 5.02 Å². The van der Waals surface area contributed by atoms with E-state index in [0.717, 1.165) is 23.6 Å². The van der Waals surface area contributed by atoms with E-state index in [1.807, 2.05) is 31.3 Å². The molecule has 1 aliphatic rings. The third kappa shape index (κ3) is 4.68. The van der Waals surface area contributed by atoms with Crippen LogP contribution in [-0.2, 0) is 11.3 Å². The minimum absolute atomic E-state index is 0. The van der Waals surface area contributed by atoms with Gasteiger partial charge < -0.3 is 10.2 Å². The van der Waals surface area contributed by atoms with E-state index < -0.39 is 0 Å². The van der Waals surface area contributed by atoms with Crippen molar-refractivity contribution in [2.45, 2.75) is 31.8 Å². The summed E-state index contributed by atoms with van der Waals surface area (Å²) in [5.41, 5.74) is 0.995. The molecule has 0 aromatic heterocycles. The van der Waals surface area contributed by atoms with Crippen molar-refractivity contribution >= 4 is 29.9 Å². The first kappa shape index (κ1) is 16.3. The maximum absolute atomic E-state index is 12.1. The largest absolute Gasteiger partial charge is 0.341 e. The van der Waals surface area contributed by atoms with Crippen LogP contribution in [0.1, 0.15) is 24.8 Å². The smallest absolute Gasteiger partial charge is 0.224 e. The average Bonchev–Trinajstić information content (AvgIpc) is 2.84. The fourth-order valence-electron chi connectivity index (χ4n) is 2.27. The molecular weight excluding hydrogens is 283 g/mol. The summed E-state index contributed by atoms with van der Waals surface area (Å²) in [5, 5.41) is 4.06. The van der Waals surface area contributed by atoms with Crippen LogP contribution in [0.5, 0.6) is 0 Å². The van der Waals surface area contributed by atoms with Gasteiger partial charge in [-0.15, -0.1) is 12.4 Å². The van der Waals surface area contributed by atoms with Crippen LogP contribution in [0.25, 0.3) is 0 Å². The van der Waals surface area contributed by atoms with E-state index in [0.29, 0.717) is 19.0 Å². The first-order chi connectivity index (χ1) is 8.66. The minimum Gasteiger partial charge on any atom is -0.341 e. The Morgan fingerprint density at radius 2 is 2.21 bits per heavy atom. The molecule has 0 spiro atoms. The van der Waals surface area contributed by atoms with Gasteiger partial charge in [0.1, 0.15) is 0 Å². The number of hydrogen-bond acceptors (Lipinski definition) is 2. The number of rotatable bonds is 4. The Labute approximate surface area is 125 Å². The number of amides is 1. The van der Waals surface area contributed by atoms with Crippen LogP contribution < -0.4 is 5.32 Å². The van der Waals surface area contributed by atoms with Crippen LogP contribution >= 0.6 is 24.0 Å². The quantitative estimate of drug-likeness (QED) is 0.927. The zero-order chi connectivity index (χ0) is 13.0. The molecule has 1 aromatic rings. The zero-order valence-corrected chi connectivity index (χ0v) is 12.6. The summed E-state index contributed by atoms with van der Waals surface area (Å²) in [7, 11) is 1.83. The van der Waals surface area contributed by atoms with E-state index in [-0.39, 0.29) is 18.3 Å². The summed E-state index contributed by atoms with van der Waals surface area (Å²) in [6.07, 6.45) is 2.86. The second-order valence-electron chi connectivity index (χ2n) is 4.84. The number of nitrogens with zero attached hydrogens (tertiary/aromatic N) is 1. The molecule has 1 fully saturated rings. The maximum atomic E-state index is 12.1. The third-order valence-electron chi connectivity index (χ3n) is 3.37. The molecule has 1 aliphatic heterocycles.